The van der Waals surface area contributed by atoms with Gasteiger partial charge in [0.1, 0.15) is 12.4 Å². The van der Waals surface area contributed by atoms with Crippen molar-refractivity contribution >= 4 is 11.9 Å². The Kier molecular flexibility index (Phi) is 6.09. The summed E-state index contributed by atoms with van der Waals surface area (Å²) in [6.07, 6.45) is -2.29. The van der Waals surface area contributed by atoms with Crippen LogP contribution in [0, 0.1) is 11.7 Å². The molecule has 1 unspecified atom stereocenters. The number of likely N-dealkylation sites (tertiary alicyclic amines) is 2. The second-order valence-corrected chi connectivity index (χ2v) is 8.48. The molecule has 3 fully saturated rings. The molecule has 31 heavy (non-hydrogen) atoms. The Morgan fingerprint density at radius 2 is 1.84 bits per heavy atom. The van der Waals surface area contributed by atoms with Crippen molar-refractivity contribution < 1.29 is 31.9 Å². The van der Waals surface area contributed by atoms with Gasteiger partial charge in [0.05, 0.1) is 17.7 Å². The topological polar surface area (TPSA) is 61.9 Å². The van der Waals surface area contributed by atoms with Gasteiger partial charge in [0.2, 0.25) is 5.91 Å². The van der Waals surface area contributed by atoms with Crippen molar-refractivity contribution in [3.8, 4) is 0 Å². The number of nitrogens with one attached hydrogen (secondary N) is 1. The third-order valence-corrected chi connectivity index (χ3v) is 6.37. The Morgan fingerprint density at radius 1 is 1.13 bits per heavy atom. The van der Waals surface area contributed by atoms with E-state index in [1.807, 2.05) is 0 Å². The third-order valence-electron chi connectivity index (χ3n) is 6.37. The van der Waals surface area contributed by atoms with Crippen LogP contribution >= 0.6 is 0 Å². The van der Waals surface area contributed by atoms with Crippen LogP contribution in [0.2, 0.25) is 0 Å². The minimum Gasteiger partial charge on any atom is -0.366 e. The molecular weight excluding hydrogens is 418 g/mol. The Bertz CT molecular complexity index is 840. The minimum atomic E-state index is -4.56. The highest BCUT2D eigenvalue weighted by atomic mass is 19.4. The van der Waals surface area contributed by atoms with Crippen molar-refractivity contribution in [2.75, 3.05) is 32.8 Å². The van der Waals surface area contributed by atoms with Crippen molar-refractivity contribution in [2.45, 2.75) is 44.0 Å². The van der Waals surface area contributed by atoms with Crippen LogP contribution in [-0.4, -0.2) is 66.7 Å². The Hall–Kier alpha value is -2.36. The molecule has 3 aliphatic rings. The molecular formula is C21H25F4N3O3. The van der Waals surface area contributed by atoms with E-state index in [4.69, 9.17) is 4.74 Å². The lowest BCUT2D eigenvalue weighted by atomic mass is 9.89. The molecule has 3 heterocycles. The van der Waals surface area contributed by atoms with E-state index in [9.17, 15) is 27.2 Å². The summed E-state index contributed by atoms with van der Waals surface area (Å²) in [7, 11) is 0. The summed E-state index contributed by atoms with van der Waals surface area (Å²) in [6.45, 7) is 2.05. The molecule has 170 valence electrons. The summed E-state index contributed by atoms with van der Waals surface area (Å²) in [5.74, 6) is -0.910. The monoisotopic (exact) mass is 443 g/mol. The van der Waals surface area contributed by atoms with Crippen LogP contribution in [0.25, 0.3) is 0 Å². The standard InChI is InChI=1S/C21H25F4N3O3/c22-16-10-15(21(23,24)25)2-1-14(16)9-13-3-6-27(7-4-13)20(30)28-8-5-18-17(11-28)26-19(29)12-31-18/h1-2,10,13,17-18H,3-9,11-12H2,(H,26,29)/t17-,18?/m1/s1. The highest BCUT2D eigenvalue weighted by Gasteiger charge is 2.38. The van der Waals surface area contributed by atoms with Gasteiger partial charge in [-0.1, -0.05) is 6.07 Å². The van der Waals surface area contributed by atoms with Gasteiger partial charge in [0.25, 0.3) is 0 Å². The maximum Gasteiger partial charge on any atom is 0.416 e. The van der Waals surface area contributed by atoms with E-state index < -0.39 is 17.6 Å². The molecule has 3 saturated heterocycles. The third kappa shape index (κ3) is 4.94. The summed E-state index contributed by atoms with van der Waals surface area (Å²) in [4.78, 5) is 27.9. The number of carbonyl (C=O) groups is 2. The number of carbonyl (C=O) groups excluding carboxylic acids is 2. The van der Waals surface area contributed by atoms with Crippen LogP contribution in [0.1, 0.15) is 30.4 Å². The number of hydrogen-bond donors (Lipinski definition) is 1. The van der Waals surface area contributed by atoms with Gasteiger partial charge >= 0.3 is 12.2 Å². The van der Waals surface area contributed by atoms with E-state index in [-0.39, 0.29) is 42.2 Å². The van der Waals surface area contributed by atoms with Crippen molar-refractivity contribution in [3.05, 3.63) is 35.1 Å². The number of urea groups is 1. The number of morpholine rings is 1. The van der Waals surface area contributed by atoms with Crippen molar-refractivity contribution in [2.24, 2.45) is 5.92 Å². The van der Waals surface area contributed by atoms with Crippen LogP contribution in [-0.2, 0) is 22.1 Å². The maximum absolute atomic E-state index is 14.1. The number of fused-ring (bicyclic) bond motifs is 1. The normalized spacial score (nSPS) is 25.2. The van der Waals surface area contributed by atoms with Gasteiger partial charge in [0, 0.05) is 26.2 Å². The first-order valence-corrected chi connectivity index (χ1v) is 10.5. The number of amides is 3. The highest BCUT2D eigenvalue weighted by Crippen LogP contribution is 2.31. The molecule has 6 nitrogen and oxygen atoms in total. The molecule has 0 radical (unpaired) electrons. The van der Waals surface area contributed by atoms with E-state index >= 15 is 0 Å². The summed E-state index contributed by atoms with van der Waals surface area (Å²) < 4.78 is 57.8. The minimum absolute atomic E-state index is 0.0577. The van der Waals surface area contributed by atoms with Gasteiger partial charge in [0.15, 0.2) is 0 Å². The Labute approximate surface area is 177 Å². The molecule has 1 N–H and O–H groups in total. The van der Waals surface area contributed by atoms with Crippen molar-refractivity contribution in [1.29, 1.82) is 0 Å². The zero-order valence-corrected chi connectivity index (χ0v) is 17.0. The van der Waals surface area contributed by atoms with Crippen LogP contribution in [0.4, 0.5) is 22.4 Å². The smallest absolute Gasteiger partial charge is 0.366 e. The highest BCUT2D eigenvalue weighted by molar-refractivity contribution is 5.79. The molecule has 0 saturated carbocycles. The van der Waals surface area contributed by atoms with Crippen molar-refractivity contribution in [3.63, 3.8) is 0 Å². The fourth-order valence-corrected chi connectivity index (χ4v) is 4.60. The largest absolute Gasteiger partial charge is 0.416 e. The summed E-state index contributed by atoms with van der Waals surface area (Å²) in [5, 5.41) is 2.88. The van der Waals surface area contributed by atoms with Crippen LogP contribution < -0.4 is 5.32 Å². The molecule has 2 atom stereocenters. The first kappa shape index (κ1) is 21.9. The zero-order chi connectivity index (χ0) is 22.2. The average molecular weight is 443 g/mol. The van der Waals surface area contributed by atoms with Gasteiger partial charge < -0.3 is 19.9 Å². The van der Waals surface area contributed by atoms with Gasteiger partial charge in [-0.3, -0.25) is 4.79 Å². The van der Waals surface area contributed by atoms with E-state index in [0.29, 0.717) is 57.9 Å². The predicted molar refractivity (Wildman–Crippen MR) is 103 cm³/mol. The molecule has 0 aromatic heterocycles. The molecule has 0 spiro atoms. The van der Waals surface area contributed by atoms with Crippen molar-refractivity contribution in [1.82, 2.24) is 15.1 Å². The van der Waals surface area contributed by atoms with Crippen LogP contribution in [0.3, 0.4) is 0 Å². The van der Waals surface area contributed by atoms with E-state index in [1.54, 1.807) is 9.80 Å². The second-order valence-electron chi connectivity index (χ2n) is 8.48. The van der Waals surface area contributed by atoms with Gasteiger partial charge in [-0.15, -0.1) is 0 Å². The molecule has 3 amide bonds. The van der Waals surface area contributed by atoms with E-state index in [1.165, 1.54) is 6.07 Å². The number of benzene rings is 1. The lowest BCUT2D eigenvalue weighted by Crippen LogP contribution is -2.62. The lowest BCUT2D eigenvalue weighted by molar-refractivity contribution is -0.140. The first-order valence-electron chi connectivity index (χ1n) is 10.5. The number of halogens is 4. The second kappa shape index (κ2) is 8.64. The number of ether oxygens (including phenoxy) is 1. The molecule has 0 bridgehead atoms. The predicted octanol–water partition coefficient (Wildman–Crippen LogP) is 2.81. The molecule has 1 aromatic carbocycles. The molecule has 3 aliphatic heterocycles. The van der Waals surface area contributed by atoms with Gasteiger partial charge in [-0.05, 0) is 49.3 Å². The fraction of sp³-hybridized carbons (Fsp3) is 0.619. The average Bonchev–Trinajstić information content (AvgIpc) is 2.74. The Morgan fingerprint density at radius 3 is 2.52 bits per heavy atom. The molecule has 4 rings (SSSR count). The maximum atomic E-state index is 14.1. The van der Waals surface area contributed by atoms with Gasteiger partial charge in [-0.2, -0.15) is 13.2 Å². The lowest BCUT2D eigenvalue weighted by Gasteiger charge is -2.43. The van der Waals surface area contributed by atoms with Crippen LogP contribution in [0.15, 0.2) is 18.2 Å². The molecule has 0 aliphatic carbocycles. The van der Waals surface area contributed by atoms with E-state index in [2.05, 4.69) is 5.32 Å². The number of rotatable bonds is 2. The quantitative estimate of drug-likeness (QED) is 0.716. The molecule has 10 heteroatoms. The number of piperidine rings is 2. The van der Waals surface area contributed by atoms with Gasteiger partial charge in [-0.25, -0.2) is 9.18 Å². The summed E-state index contributed by atoms with van der Waals surface area (Å²) in [5.41, 5.74) is -0.717. The number of nitrogens with zero attached hydrogens (tertiary/aromatic N) is 2. The first-order chi connectivity index (χ1) is 14.7. The summed E-state index contributed by atoms with van der Waals surface area (Å²) in [6, 6.07) is 2.39. The molecule has 1 aromatic rings. The SMILES string of the molecule is O=C1COC2CCN(C(=O)N3CCC(Cc4ccc(C(F)(F)F)cc4F)CC3)C[C@H]2N1. The number of alkyl halides is 3. The number of hydrogen-bond acceptors (Lipinski definition) is 3. The van der Waals surface area contributed by atoms with Crippen LogP contribution in [0.5, 0.6) is 0 Å². The zero-order valence-electron chi connectivity index (χ0n) is 17.0. The summed E-state index contributed by atoms with van der Waals surface area (Å²) >= 11 is 0. The Balaban J connectivity index is 1.29. The van der Waals surface area contributed by atoms with E-state index in [0.717, 1.165) is 6.07 Å². The fourth-order valence-electron chi connectivity index (χ4n) is 4.60.